The molecule has 1 heterocycles. The first-order valence-corrected chi connectivity index (χ1v) is 9.63. The van der Waals surface area contributed by atoms with Crippen LogP contribution in [-0.4, -0.2) is 35.5 Å². The number of rotatable bonds is 5. The van der Waals surface area contributed by atoms with Crippen molar-refractivity contribution in [1.29, 1.82) is 0 Å². The predicted octanol–water partition coefficient (Wildman–Crippen LogP) is 3.98. The fraction of sp³-hybridized carbons (Fsp3) is 0.150. The summed E-state index contributed by atoms with van der Waals surface area (Å²) in [6.45, 7) is -1.45. The van der Waals surface area contributed by atoms with E-state index in [-0.39, 0.29) is 16.6 Å². The fourth-order valence-corrected chi connectivity index (χ4v) is 3.34. The van der Waals surface area contributed by atoms with Crippen LogP contribution in [0.1, 0.15) is 5.56 Å². The summed E-state index contributed by atoms with van der Waals surface area (Å²) in [5, 5.41) is 1.87. The lowest BCUT2D eigenvalue weighted by Gasteiger charge is -2.17. The number of aliphatic imine (C=N–C) groups is 1. The van der Waals surface area contributed by atoms with E-state index in [1.165, 1.54) is 29.2 Å². The molecule has 0 atom stereocenters. The van der Waals surface area contributed by atoms with Crippen LogP contribution in [0.3, 0.4) is 0 Å². The average molecular weight is 437 g/mol. The molecule has 0 aromatic heterocycles. The van der Waals surface area contributed by atoms with E-state index in [1.807, 2.05) is 6.07 Å². The van der Waals surface area contributed by atoms with Crippen molar-refractivity contribution in [2.24, 2.45) is 4.99 Å². The van der Waals surface area contributed by atoms with Gasteiger partial charge in [0.25, 0.3) is 5.91 Å². The number of hydrogen-bond donors (Lipinski definition) is 1. The predicted molar refractivity (Wildman–Crippen MR) is 107 cm³/mol. The van der Waals surface area contributed by atoms with Crippen LogP contribution in [0, 0.1) is 5.82 Å². The molecule has 0 aliphatic carbocycles. The van der Waals surface area contributed by atoms with Gasteiger partial charge in [-0.15, -0.1) is 0 Å². The van der Waals surface area contributed by atoms with Crippen molar-refractivity contribution in [2.45, 2.75) is 6.18 Å². The molecule has 2 aromatic rings. The van der Waals surface area contributed by atoms with Crippen molar-refractivity contribution in [2.75, 3.05) is 17.2 Å². The molecule has 0 fully saturated rings. The molecule has 0 spiro atoms. The summed E-state index contributed by atoms with van der Waals surface area (Å²) in [5.41, 5.74) is 1.13. The van der Waals surface area contributed by atoms with E-state index in [9.17, 15) is 27.2 Å². The number of amides is 2. The minimum Gasteiger partial charge on any atom is -0.346 e. The number of carbonyl (C=O) groups is 2. The van der Waals surface area contributed by atoms with Crippen LogP contribution in [0.5, 0.6) is 0 Å². The SMILES string of the molecule is O=C(CSC1=NC(=Cc2ccccc2)C(=O)N1c1ccc(F)cc1)NCC(F)(F)F. The number of nitrogens with one attached hydrogen (secondary N) is 1. The maximum atomic E-state index is 13.3. The highest BCUT2D eigenvalue weighted by atomic mass is 32.2. The summed E-state index contributed by atoms with van der Waals surface area (Å²) < 4.78 is 50.0. The molecule has 0 saturated heterocycles. The van der Waals surface area contributed by atoms with E-state index in [4.69, 9.17) is 0 Å². The molecule has 0 saturated carbocycles. The second kappa shape index (κ2) is 9.12. The summed E-state index contributed by atoms with van der Waals surface area (Å²) >= 11 is 0.809. The molecular weight excluding hydrogens is 422 g/mol. The van der Waals surface area contributed by atoms with Gasteiger partial charge in [-0.05, 0) is 35.9 Å². The number of halogens is 4. The molecule has 0 bridgehead atoms. The minimum absolute atomic E-state index is 0.0868. The fourth-order valence-electron chi connectivity index (χ4n) is 2.50. The van der Waals surface area contributed by atoms with Crippen molar-refractivity contribution in [3.05, 3.63) is 71.7 Å². The normalized spacial score (nSPS) is 15.5. The van der Waals surface area contributed by atoms with Crippen molar-refractivity contribution in [1.82, 2.24) is 5.32 Å². The van der Waals surface area contributed by atoms with E-state index >= 15 is 0 Å². The Morgan fingerprint density at radius 2 is 1.77 bits per heavy atom. The molecule has 3 rings (SSSR count). The summed E-state index contributed by atoms with van der Waals surface area (Å²) in [4.78, 5) is 30.1. The minimum atomic E-state index is -4.52. The van der Waals surface area contributed by atoms with Crippen LogP contribution in [0.2, 0.25) is 0 Å². The van der Waals surface area contributed by atoms with Crippen LogP contribution in [0.15, 0.2) is 65.3 Å². The van der Waals surface area contributed by atoms with Crippen molar-refractivity contribution in [3.63, 3.8) is 0 Å². The Kier molecular flexibility index (Phi) is 6.56. The Morgan fingerprint density at radius 1 is 1.10 bits per heavy atom. The zero-order valence-corrected chi connectivity index (χ0v) is 16.1. The Labute approximate surface area is 173 Å². The van der Waals surface area contributed by atoms with E-state index in [1.54, 1.807) is 35.7 Å². The van der Waals surface area contributed by atoms with Crippen molar-refractivity contribution < 1.29 is 27.2 Å². The highest BCUT2D eigenvalue weighted by Gasteiger charge is 2.33. The zero-order chi connectivity index (χ0) is 21.7. The van der Waals surface area contributed by atoms with Crippen molar-refractivity contribution >= 4 is 40.5 Å². The van der Waals surface area contributed by atoms with Crippen LogP contribution in [0.4, 0.5) is 23.2 Å². The lowest BCUT2D eigenvalue weighted by Crippen LogP contribution is -2.36. The molecule has 1 N–H and O–H groups in total. The molecule has 1 aliphatic heterocycles. The Balaban J connectivity index is 1.82. The second-order valence-corrected chi connectivity index (χ2v) is 7.07. The second-order valence-electron chi connectivity index (χ2n) is 6.13. The lowest BCUT2D eigenvalue weighted by molar-refractivity contribution is -0.136. The third kappa shape index (κ3) is 5.69. The van der Waals surface area contributed by atoms with Gasteiger partial charge in [-0.25, -0.2) is 9.38 Å². The number of thioether (sulfide) groups is 1. The molecule has 5 nitrogen and oxygen atoms in total. The molecule has 2 amide bonds. The van der Waals surface area contributed by atoms with Gasteiger partial charge in [0.2, 0.25) is 5.91 Å². The van der Waals surface area contributed by atoms with Gasteiger partial charge in [-0.3, -0.25) is 14.5 Å². The lowest BCUT2D eigenvalue weighted by atomic mass is 10.2. The highest BCUT2D eigenvalue weighted by molar-refractivity contribution is 8.14. The molecule has 1 aliphatic rings. The Morgan fingerprint density at radius 3 is 2.40 bits per heavy atom. The van der Waals surface area contributed by atoms with Crippen LogP contribution in [0.25, 0.3) is 6.08 Å². The molecule has 0 radical (unpaired) electrons. The van der Waals surface area contributed by atoms with Gasteiger partial charge in [0, 0.05) is 0 Å². The quantitative estimate of drug-likeness (QED) is 0.569. The standard InChI is InChI=1S/C20H15F4N3O2S/c21-14-6-8-15(9-7-14)27-18(29)16(10-13-4-2-1-3-5-13)26-19(27)30-11-17(28)25-12-20(22,23)24/h1-10H,11-12H2,(H,25,28). The summed E-state index contributed by atoms with van der Waals surface area (Å²) in [6.07, 6.45) is -2.97. The number of carbonyl (C=O) groups excluding carboxylic acids is 2. The summed E-state index contributed by atoms with van der Waals surface area (Å²) in [5.74, 6) is -2.22. The first-order valence-electron chi connectivity index (χ1n) is 8.65. The topological polar surface area (TPSA) is 61.8 Å². The molecular formula is C20H15F4N3O2S. The third-order valence-electron chi connectivity index (χ3n) is 3.84. The number of hydrogen-bond acceptors (Lipinski definition) is 4. The maximum absolute atomic E-state index is 13.3. The molecule has 156 valence electrons. The third-order valence-corrected chi connectivity index (χ3v) is 4.77. The molecule has 2 aromatic carbocycles. The van der Waals surface area contributed by atoms with Gasteiger partial charge >= 0.3 is 6.18 Å². The van der Waals surface area contributed by atoms with E-state index < -0.39 is 30.4 Å². The van der Waals surface area contributed by atoms with Gasteiger partial charge < -0.3 is 5.32 Å². The number of amidine groups is 1. The number of anilines is 1. The van der Waals surface area contributed by atoms with Gasteiger partial charge in [0.05, 0.1) is 11.4 Å². The van der Waals surface area contributed by atoms with Gasteiger partial charge in [0.1, 0.15) is 18.1 Å². The number of benzene rings is 2. The van der Waals surface area contributed by atoms with Crippen LogP contribution >= 0.6 is 11.8 Å². The first kappa shape index (κ1) is 21.6. The number of nitrogens with zero attached hydrogens (tertiary/aromatic N) is 2. The van der Waals surface area contributed by atoms with E-state index in [0.717, 1.165) is 17.3 Å². The zero-order valence-electron chi connectivity index (χ0n) is 15.3. The highest BCUT2D eigenvalue weighted by Crippen LogP contribution is 2.29. The Hall–Kier alpha value is -3.14. The van der Waals surface area contributed by atoms with Crippen LogP contribution < -0.4 is 10.2 Å². The van der Waals surface area contributed by atoms with Crippen LogP contribution in [-0.2, 0) is 9.59 Å². The summed E-state index contributed by atoms with van der Waals surface area (Å²) in [6, 6.07) is 14.0. The largest absolute Gasteiger partial charge is 0.405 e. The van der Waals surface area contributed by atoms with Gasteiger partial charge in [-0.2, -0.15) is 13.2 Å². The average Bonchev–Trinajstić information content (AvgIpc) is 3.01. The molecule has 10 heteroatoms. The molecule has 0 unspecified atom stereocenters. The van der Waals surface area contributed by atoms with E-state index in [2.05, 4.69) is 4.99 Å². The Bertz CT molecular complexity index is 989. The van der Waals surface area contributed by atoms with Crippen molar-refractivity contribution in [3.8, 4) is 0 Å². The number of alkyl halides is 3. The summed E-state index contributed by atoms with van der Waals surface area (Å²) in [7, 11) is 0. The monoisotopic (exact) mass is 437 g/mol. The van der Waals surface area contributed by atoms with Gasteiger partial charge in [0.15, 0.2) is 5.17 Å². The first-order chi connectivity index (χ1) is 14.2. The van der Waals surface area contributed by atoms with Gasteiger partial charge in [-0.1, -0.05) is 42.1 Å². The van der Waals surface area contributed by atoms with E-state index in [0.29, 0.717) is 5.69 Å². The maximum Gasteiger partial charge on any atom is 0.405 e. The smallest absolute Gasteiger partial charge is 0.346 e. The molecule has 30 heavy (non-hydrogen) atoms.